The summed E-state index contributed by atoms with van der Waals surface area (Å²) in [6.07, 6.45) is -0.796. The van der Waals surface area contributed by atoms with Crippen LogP contribution in [0.1, 0.15) is 39.4 Å². The van der Waals surface area contributed by atoms with Crippen molar-refractivity contribution in [3.05, 3.63) is 33.4 Å². The summed E-state index contributed by atoms with van der Waals surface area (Å²) in [6.45, 7) is 8.58. The lowest BCUT2D eigenvalue weighted by Gasteiger charge is -2.34. The van der Waals surface area contributed by atoms with Crippen molar-refractivity contribution in [2.75, 3.05) is 6.61 Å². The minimum atomic E-state index is -3.11. The van der Waals surface area contributed by atoms with Crippen LogP contribution in [0.3, 0.4) is 0 Å². The van der Waals surface area contributed by atoms with Crippen LogP contribution in [-0.2, 0) is 4.74 Å². The molecule has 5 heteroatoms. The standard InChI is InChI=1S/C15H19F2NO2/c1-7-8(2)10(4)12(11(5)9(7)3)13-15(16,17)6-20-14(19)18-13/h13H,6H2,1-5H3,(H,18,19)/t13-/m1/s1. The third-order valence-electron chi connectivity index (χ3n) is 4.43. The van der Waals surface area contributed by atoms with Crippen molar-refractivity contribution >= 4 is 6.09 Å². The van der Waals surface area contributed by atoms with Crippen molar-refractivity contribution in [3.8, 4) is 0 Å². The maximum absolute atomic E-state index is 14.1. The van der Waals surface area contributed by atoms with E-state index in [1.165, 1.54) is 0 Å². The summed E-state index contributed by atoms with van der Waals surface area (Å²) in [5.74, 6) is -3.11. The van der Waals surface area contributed by atoms with Gasteiger partial charge in [-0.15, -0.1) is 0 Å². The van der Waals surface area contributed by atoms with Gasteiger partial charge in [0.2, 0.25) is 0 Å². The average molecular weight is 283 g/mol. The molecule has 1 aromatic rings. The zero-order valence-corrected chi connectivity index (χ0v) is 12.4. The molecule has 0 bridgehead atoms. The number of cyclic esters (lactones) is 1. The minimum Gasteiger partial charge on any atom is -0.443 e. The first-order valence-electron chi connectivity index (χ1n) is 6.54. The van der Waals surface area contributed by atoms with Gasteiger partial charge in [-0.05, 0) is 68.0 Å². The first kappa shape index (κ1) is 14.8. The predicted molar refractivity (Wildman–Crippen MR) is 72.3 cm³/mol. The van der Waals surface area contributed by atoms with Crippen LogP contribution in [0.5, 0.6) is 0 Å². The molecule has 0 saturated carbocycles. The van der Waals surface area contributed by atoms with Gasteiger partial charge in [0, 0.05) is 0 Å². The maximum Gasteiger partial charge on any atom is 0.408 e. The van der Waals surface area contributed by atoms with E-state index in [-0.39, 0.29) is 0 Å². The summed E-state index contributed by atoms with van der Waals surface area (Å²) in [7, 11) is 0. The van der Waals surface area contributed by atoms with E-state index in [0.717, 1.165) is 27.8 Å². The Hall–Kier alpha value is -1.65. The Balaban J connectivity index is 2.65. The number of hydrogen-bond donors (Lipinski definition) is 1. The average Bonchev–Trinajstić information content (AvgIpc) is 2.39. The van der Waals surface area contributed by atoms with Gasteiger partial charge in [0.1, 0.15) is 6.04 Å². The molecule has 2 rings (SSSR count). The Bertz CT molecular complexity index is 553. The van der Waals surface area contributed by atoms with E-state index in [0.29, 0.717) is 5.56 Å². The van der Waals surface area contributed by atoms with Crippen molar-refractivity contribution in [1.82, 2.24) is 5.32 Å². The van der Waals surface area contributed by atoms with Gasteiger partial charge < -0.3 is 10.1 Å². The first-order valence-corrected chi connectivity index (χ1v) is 6.54. The van der Waals surface area contributed by atoms with Crippen LogP contribution in [0.4, 0.5) is 13.6 Å². The van der Waals surface area contributed by atoms with Crippen LogP contribution >= 0.6 is 0 Å². The Labute approximate surface area is 117 Å². The van der Waals surface area contributed by atoms with Crippen LogP contribution in [0.15, 0.2) is 0 Å². The van der Waals surface area contributed by atoms with Crippen LogP contribution in [0.2, 0.25) is 0 Å². The maximum atomic E-state index is 14.1. The van der Waals surface area contributed by atoms with Gasteiger partial charge in [-0.3, -0.25) is 0 Å². The van der Waals surface area contributed by atoms with Crippen molar-refractivity contribution < 1.29 is 18.3 Å². The Kier molecular flexibility index (Phi) is 3.48. The lowest BCUT2D eigenvalue weighted by molar-refractivity contribution is -0.104. The highest BCUT2D eigenvalue weighted by molar-refractivity contribution is 5.70. The highest BCUT2D eigenvalue weighted by Crippen LogP contribution is 2.40. The number of alkyl carbamates (subject to hydrolysis) is 1. The van der Waals surface area contributed by atoms with E-state index in [2.05, 4.69) is 10.1 Å². The summed E-state index contributed by atoms with van der Waals surface area (Å²) in [4.78, 5) is 11.3. The molecule has 1 N–H and O–H groups in total. The van der Waals surface area contributed by atoms with Gasteiger partial charge in [-0.25, -0.2) is 13.6 Å². The van der Waals surface area contributed by atoms with E-state index in [1.54, 1.807) is 0 Å². The third-order valence-corrected chi connectivity index (χ3v) is 4.43. The molecule has 1 atom stereocenters. The quantitative estimate of drug-likeness (QED) is 0.854. The highest BCUT2D eigenvalue weighted by atomic mass is 19.3. The summed E-state index contributed by atoms with van der Waals surface area (Å²) >= 11 is 0. The second-order valence-corrected chi connectivity index (χ2v) is 5.45. The number of rotatable bonds is 1. The Morgan fingerprint density at radius 1 is 1.00 bits per heavy atom. The van der Waals surface area contributed by atoms with Crippen molar-refractivity contribution in [3.63, 3.8) is 0 Å². The molecule has 1 aromatic carbocycles. The molecule has 1 amide bonds. The van der Waals surface area contributed by atoms with E-state index >= 15 is 0 Å². The summed E-state index contributed by atoms with van der Waals surface area (Å²) in [6, 6.07) is -1.33. The normalized spacial score (nSPS) is 21.4. The number of alkyl halides is 2. The van der Waals surface area contributed by atoms with Crippen molar-refractivity contribution in [2.45, 2.75) is 46.6 Å². The minimum absolute atomic E-state index is 0.507. The molecule has 1 aliphatic rings. The molecule has 110 valence electrons. The fourth-order valence-electron chi connectivity index (χ4n) is 2.76. The number of ether oxygens (including phenoxy) is 1. The fourth-order valence-corrected chi connectivity index (χ4v) is 2.76. The number of nitrogens with one attached hydrogen (secondary N) is 1. The van der Waals surface area contributed by atoms with E-state index in [9.17, 15) is 13.6 Å². The molecule has 3 nitrogen and oxygen atoms in total. The number of benzene rings is 1. The molecule has 0 aliphatic carbocycles. The van der Waals surface area contributed by atoms with Crippen molar-refractivity contribution in [2.24, 2.45) is 0 Å². The van der Waals surface area contributed by atoms with Gasteiger partial charge in [0.05, 0.1) is 0 Å². The molecule has 1 aliphatic heterocycles. The molecular formula is C15H19F2NO2. The van der Waals surface area contributed by atoms with Gasteiger partial charge in [-0.2, -0.15) is 0 Å². The Morgan fingerprint density at radius 3 is 1.95 bits per heavy atom. The number of hydrogen-bond acceptors (Lipinski definition) is 2. The van der Waals surface area contributed by atoms with Crippen LogP contribution in [0, 0.1) is 34.6 Å². The number of halogens is 2. The number of amides is 1. The summed E-state index contributed by atoms with van der Waals surface area (Å²) in [5.41, 5.74) is 5.19. The molecule has 0 aromatic heterocycles. The largest absolute Gasteiger partial charge is 0.443 e. The van der Waals surface area contributed by atoms with Gasteiger partial charge in [0.25, 0.3) is 0 Å². The molecule has 1 fully saturated rings. The Morgan fingerprint density at radius 2 is 1.45 bits per heavy atom. The first-order chi connectivity index (χ1) is 9.16. The molecule has 1 saturated heterocycles. The monoisotopic (exact) mass is 283 g/mol. The molecule has 20 heavy (non-hydrogen) atoms. The lowest BCUT2D eigenvalue weighted by Crippen LogP contribution is -2.50. The zero-order chi connectivity index (χ0) is 15.2. The van der Waals surface area contributed by atoms with E-state index < -0.39 is 24.7 Å². The second-order valence-electron chi connectivity index (χ2n) is 5.45. The van der Waals surface area contributed by atoms with Crippen LogP contribution in [-0.4, -0.2) is 18.6 Å². The molecular weight excluding hydrogens is 264 g/mol. The summed E-state index contributed by atoms with van der Waals surface area (Å²) in [5, 5.41) is 2.27. The topological polar surface area (TPSA) is 38.3 Å². The molecule has 0 unspecified atom stereocenters. The number of carbonyl (C=O) groups is 1. The zero-order valence-electron chi connectivity index (χ0n) is 12.4. The van der Waals surface area contributed by atoms with Gasteiger partial charge in [-0.1, -0.05) is 0 Å². The van der Waals surface area contributed by atoms with Crippen LogP contribution in [0.25, 0.3) is 0 Å². The highest BCUT2D eigenvalue weighted by Gasteiger charge is 2.48. The van der Waals surface area contributed by atoms with Crippen LogP contribution < -0.4 is 5.32 Å². The smallest absolute Gasteiger partial charge is 0.408 e. The van der Waals surface area contributed by atoms with Gasteiger partial charge in [0.15, 0.2) is 6.61 Å². The molecule has 0 spiro atoms. The molecule has 0 radical (unpaired) electrons. The third kappa shape index (κ3) is 2.15. The predicted octanol–water partition coefficient (Wildman–Crippen LogP) is 3.64. The summed E-state index contributed by atoms with van der Waals surface area (Å²) < 4.78 is 32.6. The lowest BCUT2D eigenvalue weighted by atomic mass is 9.84. The SMILES string of the molecule is Cc1c(C)c(C)c([C@H]2NC(=O)OCC2(F)F)c(C)c1C. The van der Waals surface area contributed by atoms with Gasteiger partial charge >= 0.3 is 12.0 Å². The molecule has 1 heterocycles. The van der Waals surface area contributed by atoms with E-state index in [1.807, 2.05) is 34.6 Å². The van der Waals surface area contributed by atoms with E-state index in [4.69, 9.17) is 0 Å². The second kappa shape index (κ2) is 4.72. The van der Waals surface area contributed by atoms with Crippen molar-refractivity contribution in [1.29, 1.82) is 0 Å². The number of carbonyl (C=O) groups excluding carboxylic acids is 1. The fraction of sp³-hybridized carbons (Fsp3) is 0.533.